The van der Waals surface area contributed by atoms with Gasteiger partial charge in [0.15, 0.2) is 6.29 Å². The maximum atomic E-state index is 12.3. The van der Waals surface area contributed by atoms with Crippen LogP contribution < -0.4 is 10.6 Å². The predicted molar refractivity (Wildman–Crippen MR) is 91.5 cm³/mol. The van der Waals surface area contributed by atoms with Crippen molar-refractivity contribution in [2.75, 3.05) is 0 Å². The van der Waals surface area contributed by atoms with Crippen molar-refractivity contribution in [2.45, 2.75) is 44.4 Å². The van der Waals surface area contributed by atoms with E-state index in [9.17, 15) is 4.79 Å². The van der Waals surface area contributed by atoms with Crippen LogP contribution in [0.4, 0.5) is 0 Å². The van der Waals surface area contributed by atoms with Gasteiger partial charge in [-0.25, -0.2) is 9.98 Å². The molecule has 0 saturated heterocycles. The van der Waals surface area contributed by atoms with Gasteiger partial charge < -0.3 is 10.3 Å². The highest BCUT2D eigenvalue weighted by atomic mass is 16.2. The van der Waals surface area contributed by atoms with Crippen LogP contribution in [0.3, 0.4) is 0 Å². The molecule has 1 aliphatic heterocycles. The van der Waals surface area contributed by atoms with E-state index in [1.165, 1.54) is 25.7 Å². The van der Waals surface area contributed by atoms with Gasteiger partial charge in [-0.1, -0.05) is 6.42 Å². The summed E-state index contributed by atoms with van der Waals surface area (Å²) < 4.78 is 0. The van der Waals surface area contributed by atoms with E-state index in [1.54, 1.807) is 6.20 Å². The molecule has 4 unspecified atom stereocenters. The Kier molecular flexibility index (Phi) is 3.19. The average molecular weight is 323 g/mol. The van der Waals surface area contributed by atoms with E-state index < -0.39 is 0 Å². The Morgan fingerprint density at radius 2 is 2.25 bits per heavy atom. The van der Waals surface area contributed by atoms with Crippen molar-refractivity contribution >= 4 is 22.7 Å². The number of nitrogens with one attached hydrogen (secondary N) is 3. The van der Waals surface area contributed by atoms with Crippen molar-refractivity contribution in [2.24, 2.45) is 16.8 Å². The SMILES string of the molecule is O=C1NC(NC2CC3CCC2C3)N=C1Cc1c[nH]c2ncccc12. The molecule has 2 bridgehead atoms. The smallest absolute Gasteiger partial charge is 0.268 e. The second-order valence-electron chi connectivity index (χ2n) is 7.29. The van der Waals surface area contributed by atoms with Crippen LogP contribution in [0.15, 0.2) is 29.5 Å². The number of amides is 1. The summed E-state index contributed by atoms with van der Waals surface area (Å²) in [6, 6.07) is 4.44. The number of hydrogen-bond acceptors (Lipinski definition) is 4. The molecular formula is C18H21N5O. The van der Waals surface area contributed by atoms with Crippen LogP contribution in [0, 0.1) is 11.8 Å². The van der Waals surface area contributed by atoms with E-state index in [1.807, 2.05) is 18.3 Å². The van der Waals surface area contributed by atoms with E-state index in [-0.39, 0.29) is 12.2 Å². The Labute approximate surface area is 140 Å². The molecule has 6 nitrogen and oxygen atoms in total. The zero-order chi connectivity index (χ0) is 16.1. The number of nitrogens with zero attached hydrogens (tertiary/aromatic N) is 2. The third-order valence-corrected chi connectivity index (χ3v) is 5.82. The van der Waals surface area contributed by atoms with Crippen molar-refractivity contribution in [3.63, 3.8) is 0 Å². The highest BCUT2D eigenvalue weighted by Gasteiger charge is 2.41. The first-order valence-corrected chi connectivity index (χ1v) is 8.81. The molecule has 2 saturated carbocycles. The minimum Gasteiger partial charge on any atom is -0.346 e. The molecule has 124 valence electrons. The zero-order valence-corrected chi connectivity index (χ0v) is 13.5. The first kappa shape index (κ1) is 14.2. The molecule has 0 aromatic carbocycles. The number of hydrogen-bond donors (Lipinski definition) is 3. The number of fused-ring (bicyclic) bond motifs is 3. The molecule has 2 fully saturated rings. The first-order chi connectivity index (χ1) is 11.8. The molecule has 5 rings (SSSR count). The van der Waals surface area contributed by atoms with Crippen molar-refractivity contribution in [1.82, 2.24) is 20.6 Å². The van der Waals surface area contributed by atoms with Gasteiger partial charge in [-0.05, 0) is 48.8 Å². The highest BCUT2D eigenvalue weighted by molar-refractivity contribution is 6.40. The number of aromatic amines is 1. The molecule has 2 aliphatic carbocycles. The minimum absolute atomic E-state index is 0.0612. The first-order valence-electron chi connectivity index (χ1n) is 8.81. The van der Waals surface area contributed by atoms with Crippen molar-refractivity contribution in [1.29, 1.82) is 0 Å². The van der Waals surface area contributed by atoms with Crippen LogP contribution in [0.1, 0.15) is 31.2 Å². The van der Waals surface area contributed by atoms with E-state index in [0.717, 1.165) is 28.4 Å². The fourth-order valence-electron chi connectivity index (χ4n) is 4.65. The van der Waals surface area contributed by atoms with Gasteiger partial charge in [0.25, 0.3) is 5.91 Å². The topological polar surface area (TPSA) is 82.2 Å². The van der Waals surface area contributed by atoms with E-state index >= 15 is 0 Å². The average Bonchev–Trinajstić information content (AvgIpc) is 3.34. The number of carbonyl (C=O) groups is 1. The molecule has 24 heavy (non-hydrogen) atoms. The maximum Gasteiger partial charge on any atom is 0.268 e. The highest BCUT2D eigenvalue weighted by Crippen LogP contribution is 2.44. The van der Waals surface area contributed by atoms with E-state index in [2.05, 4.69) is 25.6 Å². The van der Waals surface area contributed by atoms with Gasteiger partial charge >= 0.3 is 0 Å². The largest absolute Gasteiger partial charge is 0.346 e. The van der Waals surface area contributed by atoms with Gasteiger partial charge in [-0.2, -0.15) is 0 Å². The number of carbonyl (C=O) groups excluding carboxylic acids is 1. The molecule has 4 atom stereocenters. The summed E-state index contributed by atoms with van der Waals surface area (Å²) in [5.74, 6) is 1.59. The normalized spacial score (nSPS) is 31.7. The quantitative estimate of drug-likeness (QED) is 0.801. The molecule has 0 spiro atoms. The summed E-state index contributed by atoms with van der Waals surface area (Å²) in [5.41, 5.74) is 2.51. The molecular weight excluding hydrogens is 302 g/mol. The number of pyridine rings is 1. The Bertz CT molecular complexity index is 826. The van der Waals surface area contributed by atoms with Crippen LogP contribution in [-0.4, -0.2) is 33.9 Å². The summed E-state index contributed by atoms with van der Waals surface area (Å²) in [6.07, 6.45) is 9.23. The fraction of sp³-hybridized carbons (Fsp3) is 0.500. The second kappa shape index (κ2) is 5.41. The number of aliphatic imine (C=N–C) groups is 1. The Morgan fingerprint density at radius 3 is 3.08 bits per heavy atom. The standard InChI is InChI=1S/C18H21N5O/c24-17-15(8-12-9-20-16-13(12)2-1-5-19-16)22-18(23-17)21-14-7-10-3-4-11(14)6-10/h1-2,5,9-11,14,18,21H,3-4,6-8H2,(H,19,20)(H,23,24). The van der Waals surface area contributed by atoms with Crippen LogP contribution in [0.25, 0.3) is 11.0 Å². The van der Waals surface area contributed by atoms with E-state index in [0.29, 0.717) is 18.2 Å². The third-order valence-electron chi connectivity index (χ3n) is 5.82. The number of aromatic nitrogens is 2. The summed E-state index contributed by atoms with van der Waals surface area (Å²) in [4.78, 5) is 24.3. The lowest BCUT2D eigenvalue weighted by Gasteiger charge is -2.25. The third kappa shape index (κ3) is 2.33. The van der Waals surface area contributed by atoms with Gasteiger partial charge in [0, 0.05) is 30.2 Å². The number of H-pyrrole nitrogens is 1. The maximum absolute atomic E-state index is 12.3. The van der Waals surface area contributed by atoms with Gasteiger partial charge in [0.05, 0.1) is 0 Å². The van der Waals surface area contributed by atoms with Gasteiger partial charge in [-0.3, -0.25) is 10.1 Å². The summed E-state index contributed by atoms with van der Waals surface area (Å²) >= 11 is 0. The molecule has 3 heterocycles. The lowest BCUT2D eigenvalue weighted by Crippen LogP contribution is -2.47. The Balaban J connectivity index is 1.31. The fourth-order valence-corrected chi connectivity index (χ4v) is 4.65. The molecule has 3 N–H and O–H groups in total. The van der Waals surface area contributed by atoms with Gasteiger partial charge in [0.2, 0.25) is 0 Å². The lowest BCUT2D eigenvalue weighted by atomic mass is 9.95. The van der Waals surface area contributed by atoms with Crippen molar-refractivity contribution < 1.29 is 4.79 Å². The Hall–Kier alpha value is -2.21. The van der Waals surface area contributed by atoms with Crippen molar-refractivity contribution in [3.8, 4) is 0 Å². The zero-order valence-electron chi connectivity index (χ0n) is 13.5. The van der Waals surface area contributed by atoms with Crippen LogP contribution in [0.5, 0.6) is 0 Å². The van der Waals surface area contributed by atoms with Crippen LogP contribution in [-0.2, 0) is 11.2 Å². The lowest BCUT2D eigenvalue weighted by molar-refractivity contribution is -0.114. The Morgan fingerprint density at radius 1 is 1.29 bits per heavy atom. The molecule has 6 heteroatoms. The molecule has 0 radical (unpaired) electrons. The molecule has 2 aromatic rings. The van der Waals surface area contributed by atoms with E-state index in [4.69, 9.17) is 0 Å². The molecule has 3 aliphatic rings. The van der Waals surface area contributed by atoms with Crippen LogP contribution in [0.2, 0.25) is 0 Å². The van der Waals surface area contributed by atoms with Crippen molar-refractivity contribution in [3.05, 3.63) is 30.1 Å². The summed E-state index contributed by atoms with van der Waals surface area (Å²) in [5, 5.41) is 7.57. The number of rotatable bonds is 4. The monoisotopic (exact) mass is 323 g/mol. The van der Waals surface area contributed by atoms with Gasteiger partial charge in [0.1, 0.15) is 11.4 Å². The van der Waals surface area contributed by atoms with Crippen LogP contribution >= 0.6 is 0 Å². The summed E-state index contributed by atoms with van der Waals surface area (Å²) in [6.45, 7) is 0. The molecule has 2 aromatic heterocycles. The second-order valence-corrected chi connectivity index (χ2v) is 7.29. The minimum atomic E-state index is -0.264. The van der Waals surface area contributed by atoms with Gasteiger partial charge in [-0.15, -0.1) is 0 Å². The molecule has 1 amide bonds. The summed E-state index contributed by atoms with van der Waals surface area (Å²) in [7, 11) is 0. The predicted octanol–water partition coefficient (Wildman–Crippen LogP) is 1.74.